The Bertz CT molecular complexity index is 337. The van der Waals surface area contributed by atoms with Gasteiger partial charge in [-0.3, -0.25) is 4.55 Å². The molecule has 0 aromatic rings. The van der Waals surface area contributed by atoms with E-state index in [9.17, 15) is 8.42 Å². The minimum absolute atomic E-state index is 0.251. The Labute approximate surface area is 98.4 Å². The Kier molecular flexibility index (Phi) is 4.03. The molecule has 1 aliphatic carbocycles. The maximum Gasteiger partial charge on any atom is 0.280 e. The lowest BCUT2D eigenvalue weighted by molar-refractivity contribution is 0.126. The van der Waals surface area contributed by atoms with Crippen LogP contribution in [0, 0.1) is 17.3 Å². The van der Waals surface area contributed by atoms with Gasteiger partial charge >= 0.3 is 0 Å². The average Bonchev–Trinajstić information content (AvgIpc) is 1.97. The van der Waals surface area contributed by atoms with Crippen LogP contribution in [-0.2, 0) is 10.1 Å². The first-order chi connectivity index (χ1) is 7.10. The fourth-order valence-electron chi connectivity index (χ4n) is 3.17. The minimum atomic E-state index is -4.08. The van der Waals surface area contributed by atoms with Crippen LogP contribution in [0.4, 0.5) is 0 Å². The second-order valence-electron chi connectivity index (χ2n) is 6.07. The summed E-state index contributed by atoms with van der Waals surface area (Å²) in [5.74, 6) is 0.901. The van der Waals surface area contributed by atoms with Gasteiger partial charge in [-0.2, -0.15) is 8.42 Å². The van der Waals surface area contributed by atoms with Crippen LogP contribution in [0.1, 0.15) is 46.5 Å². The third-order valence-corrected chi connectivity index (χ3v) is 4.38. The highest BCUT2D eigenvalue weighted by molar-refractivity contribution is 7.86. The van der Waals surface area contributed by atoms with E-state index in [1.807, 2.05) is 0 Å². The van der Waals surface area contributed by atoms with Crippen molar-refractivity contribution in [2.45, 2.75) is 51.8 Å². The van der Waals surface area contributed by atoms with Gasteiger partial charge < -0.3 is 5.73 Å². The molecular weight excluding hydrogens is 226 g/mol. The molecule has 3 unspecified atom stereocenters. The van der Waals surface area contributed by atoms with Gasteiger partial charge in [-0.1, -0.05) is 20.8 Å². The number of hydrogen-bond acceptors (Lipinski definition) is 3. The normalized spacial score (nSPS) is 32.3. The van der Waals surface area contributed by atoms with Gasteiger partial charge in [0.25, 0.3) is 10.1 Å². The molecule has 3 N–H and O–H groups in total. The van der Waals surface area contributed by atoms with E-state index in [0.717, 1.165) is 12.8 Å². The number of hydrogen-bond donors (Lipinski definition) is 2. The number of rotatable bonds is 3. The molecule has 0 aromatic carbocycles. The second kappa shape index (κ2) is 4.63. The maximum absolute atomic E-state index is 10.9. The maximum atomic E-state index is 10.9. The molecule has 3 atom stereocenters. The average molecular weight is 249 g/mol. The highest BCUT2D eigenvalue weighted by atomic mass is 32.2. The van der Waals surface area contributed by atoms with E-state index in [-0.39, 0.29) is 5.41 Å². The van der Waals surface area contributed by atoms with Crippen LogP contribution < -0.4 is 5.73 Å². The zero-order valence-electron chi connectivity index (χ0n) is 10.3. The van der Waals surface area contributed by atoms with Crippen LogP contribution >= 0.6 is 0 Å². The van der Waals surface area contributed by atoms with Crippen molar-refractivity contribution < 1.29 is 13.0 Å². The van der Waals surface area contributed by atoms with Gasteiger partial charge in [0.15, 0.2) is 0 Å². The first-order valence-electron chi connectivity index (χ1n) is 5.82. The monoisotopic (exact) mass is 249 g/mol. The van der Waals surface area contributed by atoms with Crippen LogP contribution in [0.2, 0.25) is 0 Å². The molecule has 0 radical (unpaired) electrons. The first-order valence-corrected chi connectivity index (χ1v) is 7.32. The second-order valence-corrected chi connectivity index (χ2v) is 7.70. The minimum Gasteiger partial charge on any atom is -0.313 e. The van der Waals surface area contributed by atoms with E-state index in [4.69, 9.17) is 10.3 Å². The van der Waals surface area contributed by atoms with Gasteiger partial charge in [-0.15, -0.1) is 0 Å². The van der Waals surface area contributed by atoms with Crippen molar-refractivity contribution in [1.29, 1.82) is 0 Å². The van der Waals surface area contributed by atoms with Crippen LogP contribution in [-0.4, -0.2) is 18.3 Å². The molecule has 0 saturated heterocycles. The van der Waals surface area contributed by atoms with Crippen molar-refractivity contribution in [2.24, 2.45) is 23.0 Å². The smallest absolute Gasteiger partial charge is 0.280 e. The van der Waals surface area contributed by atoms with E-state index in [1.54, 1.807) is 0 Å². The topological polar surface area (TPSA) is 80.4 Å². The molecule has 4 nitrogen and oxygen atoms in total. The van der Waals surface area contributed by atoms with Gasteiger partial charge in [0.05, 0.1) is 0 Å². The van der Waals surface area contributed by atoms with Crippen molar-refractivity contribution >= 4 is 10.1 Å². The van der Waals surface area contributed by atoms with E-state index >= 15 is 0 Å². The molecule has 1 saturated carbocycles. The molecule has 1 rings (SSSR count). The van der Waals surface area contributed by atoms with Crippen LogP contribution in [0.25, 0.3) is 0 Å². The SMILES string of the molecule is CC1CC(CC(N)S(=O)(=O)O)CC(C)(C)C1. The van der Waals surface area contributed by atoms with Crippen molar-refractivity contribution in [3.63, 3.8) is 0 Å². The molecule has 0 heterocycles. The lowest BCUT2D eigenvalue weighted by atomic mass is 9.67. The summed E-state index contributed by atoms with van der Waals surface area (Å²) in [5.41, 5.74) is 5.73. The van der Waals surface area contributed by atoms with Crippen molar-refractivity contribution in [3.8, 4) is 0 Å². The molecule has 5 heteroatoms. The quantitative estimate of drug-likeness (QED) is 0.750. The van der Waals surface area contributed by atoms with E-state index in [1.165, 1.54) is 6.42 Å². The summed E-state index contributed by atoms with van der Waals surface area (Å²) >= 11 is 0. The van der Waals surface area contributed by atoms with Crippen LogP contribution in [0.5, 0.6) is 0 Å². The van der Waals surface area contributed by atoms with Crippen LogP contribution in [0.15, 0.2) is 0 Å². The molecule has 1 aliphatic rings. The van der Waals surface area contributed by atoms with Crippen molar-refractivity contribution in [2.75, 3.05) is 0 Å². The standard InChI is InChI=1S/C11H23NO3S/c1-8-4-9(7-11(2,3)6-8)5-10(12)16(13,14)15/h8-10H,4-7,12H2,1-3H3,(H,13,14,15). The molecule has 1 fully saturated rings. The van der Waals surface area contributed by atoms with Gasteiger partial charge in [-0.25, -0.2) is 0 Å². The third kappa shape index (κ3) is 4.03. The van der Waals surface area contributed by atoms with E-state index < -0.39 is 15.5 Å². The highest BCUT2D eigenvalue weighted by Crippen LogP contribution is 2.43. The molecule has 0 amide bonds. The lowest BCUT2D eigenvalue weighted by Gasteiger charge is -2.39. The predicted molar refractivity (Wildman–Crippen MR) is 64.4 cm³/mol. The van der Waals surface area contributed by atoms with Gasteiger partial charge in [0.1, 0.15) is 5.37 Å². The highest BCUT2D eigenvalue weighted by Gasteiger charge is 2.34. The summed E-state index contributed by atoms with van der Waals surface area (Å²) in [4.78, 5) is 0. The summed E-state index contributed by atoms with van der Waals surface area (Å²) in [7, 11) is -4.08. The zero-order chi connectivity index (χ0) is 12.6. The van der Waals surface area contributed by atoms with Crippen molar-refractivity contribution in [1.82, 2.24) is 0 Å². The fourth-order valence-corrected chi connectivity index (χ4v) is 3.69. The Hall–Kier alpha value is -0.130. The molecule has 96 valence electrons. The van der Waals surface area contributed by atoms with E-state index in [2.05, 4.69) is 20.8 Å². The third-order valence-electron chi connectivity index (χ3n) is 3.43. The molecule has 0 bridgehead atoms. The number of nitrogens with two attached hydrogens (primary N) is 1. The Morgan fingerprint density at radius 1 is 1.44 bits per heavy atom. The summed E-state index contributed by atoms with van der Waals surface area (Å²) in [5, 5.41) is -1.13. The predicted octanol–water partition coefficient (Wildman–Crippen LogP) is 2.01. The van der Waals surface area contributed by atoms with Gasteiger partial charge in [0.2, 0.25) is 0 Å². The Balaban J connectivity index is 2.62. The summed E-state index contributed by atoms with van der Waals surface area (Å²) < 4.78 is 30.6. The lowest BCUT2D eigenvalue weighted by Crippen LogP contribution is -2.36. The first kappa shape index (κ1) is 13.9. The Morgan fingerprint density at radius 2 is 2.00 bits per heavy atom. The fraction of sp³-hybridized carbons (Fsp3) is 1.00. The summed E-state index contributed by atoms with van der Waals surface area (Å²) in [6.45, 7) is 6.59. The van der Waals surface area contributed by atoms with Gasteiger partial charge in [0, 0.05) is 0 Å². The molecule has 0 aliphatic heterocycles. The molecule has 0 spiro atoms. The van der Waals surface area contributed by atoms with Gasteiger partial charge in [-0.05, 0) is 42.9 Å². The largest absolute Gasteiger partial charge is 0.313 e. The Morgan fingerprint density at radius 3 is 2.44 bits per heavy atom. The molecule has 16 heavy (non-hydrogen) atoms. The van der Waals surface area contributed by atoms with E-state index in [0.29, 0.717) is 18.3 Å². The summed E-state index contributed by atoms with van der Waals surface area (Å²) in [6.07, 6.45) is 3.53. The van der Waals surface area contributed by atoms with Crippen LogP contribution in [0.3, 0.4) is 0 Å². The zero-order valence-corrected chi connectivity index (χ0v) is 11.1. The molecule has 0 aromatic heterocycles. The van der Waals surface area contributed by atoms with Crippen molar-refractivity contribution in [3.05, 3.63) is 0 Å². The summed E-state index contributed by atoms with van der Waals surface area (Å²) in [6, 6.07) is 0. The molecular formula is C11H23NO3S.